The molecule has 0 fully saturated rings. The standard InChI is InChI=1S/C15H13N7O/c1-17-15(23)10-4-7-2-3-8(5-9(7)20-10)12-11-13(16)18-6-19-14(11)22-21-12/h2-6,20H,1H3,(H,17,23)(H3,16,18,19,21,22). The van der Waals surface area contributed by atoms with Crippen LogP contribution in [0.2, 0.25) is 0 Å². The zero-order chi connectivity index (χ0) is 16.0. The number of hydrogen-bond donors (Lipinski definition) is 4. The van der Waals surface area contributed by atoms with E-state index in [4.69, 9.17) is 5.73 Å². The van der Waals surface area contributed by atoms with Gasteiger partial charge in [-0.3, -0.25) is 9.89 Å². The van der Waals surface area contributed by atoms with Crippen molar-refractivity contribution >= 4 is 33.7 Å². The second-order valence-electron chi connectivity index (χ2n) is 5.12. The maximum Gasteiger partial charge on any atom is 0.267 e. The van der Waals surface area contributed by atoms with Gasteiger partial charge in [-0.15, -0.1) is 0 Å². The van der Waals surface area contributed by atoms with E-state index >= 15 is 0 Å². The largest absolute Gasteiger partial charge is 0.383 e. The summed E-state index contributed by atoms with van der Waals surface area (Å²) >= 11 is 0. The van der Waals surface area contributed by atoms with Crippen molar-refractivity contribution in [3.05, 3.63) is 36.3 Å². The molecule has 0 aliphatic rings. The third kappa shape index (κ3) is 2.00. The summed E-state index contributed by atoms with van der Waals surface area (Å²) in [5.74, 6) is 0.212. The van der Waals surface area contributed by atoms with Crippen molar-refractivity contribution in [3.8, 4) is 11.3 Å². The lowest BCUT2D eigenvalue weighted by Gasteiger charge is -2.01. The molecule has 0 saturated heterocycles. The van der Waals surface area contributed by atoms with Gasteiger partial charge in [0.05, 0.1) is 11.1 Å². The highest BCUT2D eigenvalue weighted by Crippen LogP contribution is 2.30. The highest BCUT2D eigenvalue weighted by atomic mass is 16.1. The van der Waals surface area contributed by atoms with Crippen LogP contribution in [0.1, 0.15) is 10.5 Å². The first-order valence-electron chi connectivity index (χ1n) is 6.97. The minimum atomic E-state index is -0.160. The van der Waals surface area contributed by atoms with Gasteiger partial charge in [-0.1, -0.05) is 12.1 Å². The quantitative estimate of drug-likeness (QED) is 0.446. The smallest absolute Gasteiger partial charge is 0.267 e. The molecule has 4 aromatic rings. The molecule has 8 heteroatoms. The summed E-state index contributed by atoms with van der Waals surface area (Å²) < 4.78 is 0. The van der Waals surface area contributed by atoms with Crippen molar-refractivity contribution in [2.24, 2.45) is 0 Å². The van der Waals surface area contributed by atoms with Crippen LogP contribution in [0.5, 0.6) is 0 Å². The van der Waals surface area contributed by atoms with Crippen LogP contribution in [0.15, 0.2) is 30.6 Å². The summed E-state index contributed by atoms with van der Waals surface area (Å²) in [4.78, 5) is 22.9. The molecule has 8 nitrogen and oxygen atoms in total. The van der Waals surface area contributed by atoms with E-state index in [2.05, 4.69) is 30.5 Å². The number of fused-ring (bicyclic) bond motifs is 2. The van der Waals surface area contributed by atoms with Crippen LogP contribution in [0.25, 0.3) is 33.2 Å². The molecule has 0 radical (unpaired) electrons. The van der Waals surface area contributed by atoms with Crippen molar-refractivity contribution in [3.63, 3.8) is 0 Å². The van der Waals surface area contributed by atoms with Gasteiger partial charge in [0, 0.05) is 23.5 Å². The first kappa shape index (κ1) is 13.3. The molecule has 3 heterocycles. The normalized spacial score (nSPS) is 11.2. The molecule has 4 rings (SSSR count). The van der Waals surface area contributed by atoms with Gasteiger partial charge in [-0.2, -0.15) is 5.10 Å². The summed E-state index contributed by atoms with van der Waals surface area (Å²) in [5.41, 5.74) is 9.45. The molecule has 0 aliphatic heterocycles. The van der Waals surface area contributed by atoms with Crippen LogP contribution in [-0.2, 0) is 0 Å². The Morgan fingerprint density at radius 1 is 1.26 bits per heavy atom. The molecule has 0 saturated carbocycles. The maximum atomic E-state index is 11.7. The number of nitrogens with one attached hydrogen (secondary N) is 3. The second-order valence-corrected chi connectivity index (χ2v) is 5.12. The fourth-order valence-electron chi connectivity index (χ4n) is 2.63. The van der Waals surface area contributed by atoms with Crippen molar-refractivity contribution in [2.45, 2.75) is 0 Å². The van der Waals surface area contributed by atoms with Gasteiger partial charge in [0.2, 0.25) is 0 Å². The SMILES string of the molecule is CNC(=O)c1cc2ccc(-c3[nH]nc4ncnc(N)c34)cc2[nH]1. The number of amides is 1. The fourth-order valence-corrected chi connectivity index (χ4v) is 2.63. The Balaban J connectivity index is 1.89. The Kier molecular flexibility index (Phi) is 2.77. The van der Waals surface area contributed by atoms with E-state index in [-0.39, 0.29) is 5.91 Å². The first-order valence-corrected chi connectivity index (χ1v) is 6.97. The predicted octanol–water partition coefficient (Wildman–Crippen LogP) is 1.44. The summed E-state index contributed by atoms with van der Waals surface area (Å²) in [6.07, 6.45) is 1.38. The number of nitrogen functional groups attached to an aromatic ring is 1. The number of H-pyrrole nitrogens is 2. The maximum absolute atomic E-state index is 11.7. The highest BCUT2D eigenvalue weighted by Gasteiger charge is 2.14. The molecule has 23 heavy (non-hydrogen) atoms. The number of nitrogens with two attached hydrogens (primary N) is 1. The molecule has 0 aliphatic carbocycles. The van der Waals surface area contributed by atoms with E-state index in [1.807, 2.05) is 18.2 Å². The zero-order valence-corrected chi connectivity index (χ0v) is 12.2. The molecule has 0 bridgehead atoms. The predicted molar refractivity (Wildman–Crippen MR) is 86.8 cm³/mol. The van der Waals surface area contributed by atoms with E-state index in [0.717, 1.165) is 22.2 Å². The van der Waals surface area contributed by atoms with Crippen LogP contribution < -0.4 is 11.1 Å². The Bertz CT molecular complexity index is 1050. The number of benzene rings is 1. The molecule has 1 aromatic carbocycles. The van der Waals surface area contributed by atoms with E-state index < -0.39 is 0 Å². The Morgan fingerprint density at radius 3 is 2.96 bits per heavy atom. The molecule has 5 N–H and O–H groups in total. The number of rotatable bonds is 2. The van der Waals surface area contributed by atoms with Gasteiger partial charge in [-0.05, 0) is 12.1 Å². The summed E-state index contributed by atoms with van der Waals surface area (Å²) in [7, 11) is 1.60. The first-order chi connectivity index (χ1) is 11.2. The van der Waals surface area contributed by atoms with Gasteiger partial charge >= 0.3 is 0 Å². The van der Waals surface area contributed by atoms with Crippen LogP contribution in [0.3, 0.4) is 0 Å². The van der Waals surface area contributed by atoms with E-state index in [1.54, 1.807) is 13.1 Å². The topological polar surface area (TPSA) is 125 Å². The third-order valence-electron chi connectivity index (χ3n) is 3.76. The molecule has 114 valence electrons. The van der Waals surface area contributed by atoms with Crippen LogP contribution >= 0.6 is 0 Å². The minimum Gasteiger partial charge on any atom is -0.383 e. The number of carbonyl (C=O) groups is 1. The van der Waals surface area contributed by atoms with Crippen molar-refractivity contribution in [1.29, 1.82) is 0 Å². The Labute approximate surface area is 130 Å². The lowest BCUT2D eigenvalue weighted by Crippen LogP contribution is -2.17. The molecule has 1 amide bonds. The lowest BCUT2D eigenvalue weighted by molar-refractivity contribution is 0.0959. The molecular formula is C15H13N7O. The number of anilines is 1. The molecular weight excluding hydrogens is 294 g/mol. The Hall–Kier alpha value is -3.42. The van der Waals surface area contributed by atoms with Crippen LogP contribution in [-0.4, -0.2) is 38.1 Å². The average molecular weight is 307 g/mol. The van der Waals surface area contributed by atoms with Gasteiger partial charge < -0.3 is 16.0 Å². The molecule has 3 aromatic heterocycles. The lowest BCUT2D eigenvalue weighted by atomic mass is 10.1. The summed E-state index contributed by atoms with van der Waals surface area (Å²) in [6, 6.07) is 7.60. The van der Waals surface area contributed by atoms with Gasteiger partial charge in [0.1, 0.15) is 17.8 Å². The van der Waals surface area contributed by atoms with Gasteiger partial charge in [0.25, 0.3) is 5.91 Å². The zero-order valence-electron chi connectivity index (χ0n) is 12.2. The molecule has 0 unspecified atom stereocenters. The van der Waals surface area contributed by atoms with E-state index in [1.165, 1.54) is 6.33 Å². The number of hydrogen-bond acceptors (Lipinski definition) is 5. The number of aromatic nitrogens is 5. The Morgan fingerprint density at radius 2 is 2.13 bits per heavy atom. The van der Waals surface area contributed by atoms with Crippen LogP contribution in [0.4, 0.5) is 5.82 Å². The van der Waals surface area contributed by atoms with Gasteiger partial charge in [-0.25, -0.2) is 9.97 Å². The molecule has 0 spiro atoms. The summed E-state index contributed by atoms with van der Waals surface area (Å²) in [5, 5.41) is 11.3. The number of nitrogens with zero attached hydrogens (tertiary/aromatic N) is 3. The van der Waals surface area contributed by atoms with Crippen molar-refractivity contribution in [1.82, 2.24) is 30.5 Å². The summed E-state index contributed by atoms with van der Waals surface area (Å²) in [6.45, 7) is 0. The molecule has 0 atom stereocenters. The second kappa shape index (κ2) is 4.80. The van der Waals surface area contributed by atoms with E-state index in [9.17, 15) is 4.79 Å². The van der Waals surface area contributed by atoms with E-state index in [0.29, 0.717) is 22.5 Å². The number of aromatic amines is 2. The third-order valence-corrected chi connectivity index (χ3v) is 3.76. The van der Waals surface area contributed by atoms with Crippen LogP contribution in [0, 0.1) is 0 Å². The minimum absolute atomic E-state index is 0.160. The van der Waals surface area contributed by atoms with Gasteiger partial charge in [0.15, 0.2) is 5.65 Å². The number of carbonyl (C=O) groups excluding carboxylic acids is 1. The fraction of sp³-hybridized carbons (Fsp3) is 0.0667. The monoisotopic (exact) mass is 307 g/mol. The van der Waals surface area contributed by atoms with Crippen molar-refractivity contribution in [2.75, 3.05) is 12.8 Å². The average Bonchev–Trinajstić information content (AvgIpc) is 3.18. The van der Waals surface area contributed by atoms with Crippen molar-refractivity contribution < 1.29 is 4.79 Å². The highest BCUT2D eigenvalue weighted by molar-refractivity contribution is 6.01.